The highest BCUT2D eigenvalue weighted by atomic mass is 31.2. The standard InChI is InChI=1S/C23H32N7O4P/c1-4-11-25-20-19-21(28-23(24)27-20)30(15-26-19)12-14-32-16-35(34-18-9-7-6-8-10-18)29-17(3)22(31)33-13-5-2/h4,6-10,15,17,29H,1,5,11-14,16H2,2-3H3,(H3,24,25,27,28). The van der Waals surface area contributed by atoms with Gasteiger partial charge in [-0.25, -0.2) is 10.1 Å². The molecule has 2 atom stereocenters. The second kappa shape index (κ2) is 13.6. The molecule has 2 unspecified atom stereocenters. The molecule has 2 heterocycles. The number of ether oxygens (including phenoxy) is 2. The molecule has 0 bridgehead atoms. The first-order valence-corrected chi connectivity index (χ1v) is 12.8. The van der Waals surface area contributed by atoms with Crippen LogP contribution in [0.2, 0.25) is 0 Å². The van der Waals surface area contributed by atoms with Crippen molar-refractivity contribution in [3.63, 3.8) is 0 Å². The molecule has 2 aromatic heterocycles. The van der Waals surface area contributed by atoms with E-state index in [2.05, 4.69) is 31.9 Å². The lowest BCUT2D eigenvalue weighted by Crippen LogP contribution is -2.34. The van der Waals surface area contributed by atoms with E-state index in [-0.39, 0.29) is 18.3 Å². The molecule has 1 aromatic carbocycles. The molecule has 0 saturated heterocycles. The number of benzene rings is 1. The van der Waals surface area contributed by atoms with Gasteiger partial charge < -0.3 is 29.6 Å². The van der Waals surface area contributed by atoms with E-state index in [1.54, 1.807) is 19.3 Å². The summed E-state index contributed by atoms with van der Waals surface area (Å²) in [7, 11) is -1.31. The Morgan fingerprint density at radius 1 is 1.29 bits per heavy atom. The number of imidazole rings is 1. The summed E-state index contributed by atoms with van der Waals surface area (Å²) in [6.45, 7) is 9.19. The minimum atomic E-state index is -1.31. The normalized spacial score (nSPS) is 12.7. The Labute approximate surface area is 206 Å². The zero-order valence-electron chi connectivity index (χ0n) is 20.0. The van der Waals surface area contributed by atoms with Crippen molar-refractivity contribution in [2.45, 2.75) is 32.9 Å². The Morgan fingerprint density at radius 3 is 2.83 bits per heavy atom. The van der Waals surface area contributed by atoms with E-state index in [0.29, 0.717) is 49.0 Å². The quantitative estimate of drug-likeness (QED) is 0.123. The third kappa shape index (κ3) is 7.88. The molecule has 12 heteroatoms. The van der Waals surface area contributed by atoms with Crippen LogP contribution in [0, 0.1) is 0 Å². The highest BCUT2D eigenvalue weighted by Crippen LogP contribution is 2.34. The number of nitrogens with one attached hydrogen (secondary N) is 2. The van der Waals surface area contributed by atoms with Crippen molar-refractivity contribution in [1.29, 1.82) is 0 Å². The predicted octanol–water partition coefficient (Wildman–Crippen LogP) is 3.30. The van der Waals surface area contributed by atoms with Crippen molar-refractivity contribution in [3.8, 4) is 5.75 Å². The number of rotatable bonds is 15. The fourth-order valence-corrected chi connectivity index (χ4v) is 4.41. The third-order valence-corrected chi connectivity index (χ3v) is 6.20. The van der Waals surface area contributed by atoms with Gasteiger partial charge in [-0.2, -0.15) is 9.97 Å². The summed E-state index contributed by atoms with van der Waals surface area (Å²) in [5.41, 5.74) is 7.11. The smallest absolute Gasteiger partial charge is 0.323 e. The number of hydrogen-bond acceptors (Lipinski definition) is 10. The van der Waals surface area contributed by atoms with Gasteiger partial charge in [0.2, 0.25) is 5.95 Å². The molecule has 0 aliphatic rings. The Kier molecular flexibility index (Phi) is 10.2. The molecule has 35 heavy (non-hydrogen) atoms. The van der Waals surface area contributed by atoms with Gasteiger partial charge in [0.1, 0.15) is 18.1 Å². The molecule has 188 valence electrons. The largest absolute Gasteiger partial charge is 0.465 e. The number of hydrogen-bond donors (Lipinski definition) is 3. The van der Waals surface area contributed by atoms with Crippen molar-refractivity contribution in [3.05, 3.63) is 49.3 Å². The lowest BCUT2D eigenvalue weighted by Gasteiger charge is -2.22. The number of esters is 1. The van der Waals surface area contributed by atoms with E-state index in [1.165, 1.54) is 0 Å². The predicted molar refractivity (Wildman–Crippen MR) is 137 cm³/mol. The number of fused-ring (bicyclic) bond motifs is 1. The van der Waals surface area contributed by atoms with E-state index in [0.717, 1.165) is 6.42 Å². The molecule has 0 aliphatic carbocycles. The second-order valence-electron chi connectivity index (χ2n) is 7.55. The highest BCUT2D eigenvalue weighted by Gasteiger charge is 2.21. The molecule has 0 amide bonds. The number of nitrogen functional groups attached to an aromatic ring is 1. The van der Waals surface area contributed by atoms with Crippen LogP contribution in [0.5, 0.6) is 5.75 Å². The van der Waals surface area contributed by atoms with E-state index >= 15 is 0 Å². The number of nitrogens with two attached hydrogens (primary N) is 1. The lowest BCUT2D eigenvalue weighted by atomic mass is 10.3. The maximum atomic E-state index is 12.2. The molecular weight excluding hydrogens is 469 g/mol. The Bertz CT molecular complexity index is 1100. The average molecular weight is 502 g/mol. The van der Waals surface area contributed by atoms with Gasteiger partial charge in [-0.3, -0.25) is 4.79 Å². The van der Waals surface area contributed by atoms with Crippen LogP contribution in [0.25, 0.3) is 11.2 Å². The van der Waals surface area contributed by atoms with Gasteiger partial charge in [0.15, 0.2) is 25.3 Å². The van der Waals surface area contributed by atoms with E-state index in [1.807, 2.05) is 41.8 Å². The number of carbonyl (C=O) groups is 1. The van der Waals surface area contributed by atoms with Crippen molar-refractivity contribution in [1.82, 2.24) is 24.6 Å². The minimum Gasteiger partial charge on any atom is -0.465 e. The summed E-state index contributed by atoms with van der Waals surface area (Å²) in [6.07, 6.45) is 4.44. The molecule has 0 fully saturated rings. The summed E-state index contributed by atoms with van der Waals surface area (Å²) in [5, 5.41) is 6.32. The molecule has 0 saturated carbocycles. The highest BCUT2D eigenvalue weighted by molar-refractivity contribution is 7.50. The maximum Gasteiger partial charge on any atom is 0.323 e. The van der Waals surface area contributed by atoms with Gasteiger partial charge in [0.05, 0.1) is 19.5 Å². The molecular formula is C23H32N7O4P. The van der Waals surface area contributed by atoms with Gasteiger partial charge in [-0.15, -0.1) is 6.58 Å². The maximum absolute atomic E-state index is 12.2. The Hall–Kier alpha value is -3.27. The second-order valence-corrected chi connectivity index (χ2v) is 9.00. The minimum absolute atomic E-state index is 0.152. The monoisotopic (exact) mass is 501 g/mol. The van der Waals surface area contributed by atoms with Gasteiger partial charge in [-0.05, 0) is 25.5 Å². The first-order valence-electron chi connectivity index (χ1n) is 11.4. The van der Waals surface area contributed by atoms with Gasteiger partial charge >= 0.3 is 5.97 Å². The van der Waals surface area contributed by atoms with Crippen LogP contribution in [-0.2, 0) is 20.8 Å². The van der Waals surface area contributed by atoms with Crippen molar-refractivity contribution >= 4 is 37.2 Å². The summed E-state index contributed by atoms with van der Waals surface area (Å²) in [4.78, 5) is 25.1. The molecule has 3 aromatic rings. The number of carbonyl (C=O) groups excluding carboxylic acids is 1. The fourth-order valence-electron chi connectivity index (χ4n) is 3.02. The number of nitrogens with zero attached hydrogens (tertiary/aromatic N) is 4. The topological polar surface area (TPSA) is 138 Å². The summed E-state index contributed by atoms with van der Waals surface area (Å²) in [5.74, 6) is 1.08. The summed E-state index contributed by atoms with van der Waals surface area (Å²) in [6, 6.07) is 8.87. The van der Waals surface area contributed by atoms with Crippen LogP contribution in [0.3, 0.4) is 0 Å². The zero-order chi connectivity index (χ0) is 25.0. The van der Waals surface area contributed by atoms with Crippen LogP contribution < -0.4 is 20.7 Å². The number of anilines is 2. The van der Waals surface area contributed by atoms with Crippen molar-refractivity contribution in [2.24, 2.45) is 0 Å². The summed E-state index contributed by atoms with van der Waals surface area (Å²) < 4.78 is 19.1. The SMILES string of the molecule is C=CCNc1nc(N)nc2c1ncn2CCOCP(NC(C)C(=O)OCCC)Oc1ccccc1. The first-order chi connectivity index (χ1) is 17.0. The van der Waals surface area contributed by atoms with Crippen LogP contribution >= 0.6 is 8.30 Å². The molecule has 3 rings (SSSR count). The fraction of sp³-hybridized carbons (Fsp3) is 0.391. The van der Waals surface area contributed by atoms with E-state index < -0.39 is 14.3 Å². The van der Waals surface area contributed by atoms with Crippen LogP contribution in [0.1, 0.15) is 20.3 Å². The van der Waals surface area contributed by atoms with E-state index in [9.17, 15) is 4.79 Å². The van der Waals surface area contributed by atoms with Gasteiger partial charge in [0.25, 0.3) is 0 Å². The van der Waals surface area contributed by atoms with Crippen LogP contribution in [0.15, 0.2) is 49.3 Å². The molecule has 4 N–H and O–H groups in total. The van der Waals surface area contributed by atoms with Gasteiger partial charge in [-0.1, -0.05) is 31.2 Å². The number of aromatic nitrogens is 4. The van der Waals surface area contributed by atoms with E-state index in [4.69, 9.17) is 19.7 Å². The molecule has 0 aliphatic heterocycles. The Balaban J connectivity index is 1.60. The summed E-state index contributed by atoms with van der Waals surface area (Å²) >= 11 is 0. The first kappa shape index (κ1) is 26.3. The molecule has 11 nitrogen and oxygen atoms in total. The van der Waals surface area contributed by atoms with Gasteiger partial charge in [0, 0.05) is 13.1 Å². The Morgan fingerprint density at radius 2 is 2.09 bits per heavy atom. The van der Waals surface area contributed by atoms with Crippen LogP contribution in [-0.4, -0.2) is 57.6 Å². The van der Waals surface area contributed by atoms with Crippen LogP contribution in [0.4, 0.5) is 11.8 Å². The van der Waals surface area contributed by atoms with Crippen molar-refractivity contribution < 1.29 is 18.8 Å². The molecule has 0 spiro atoms. The van der Waals surface area contributed by atoms with Crippen molar-refractivity contribution in [2.75, 3.05) is 37.2 Å². The molecule has 0 radical (unpaired) electrons. The average Bonchev–Trinajstić information content (AvgIpc) is 3.26. The third-order valence-electron chi connectivity index (χ3n) is 4.68. The lowest BCUT2D eigenvalue weighted by molar-refractivity contribution is -0.145. The zero-order valence-corrected chi connectivity index (χ0v) is 20.9. The number of para-hydroxylation sites is 1.